The largest absolute Gasteiger partial charge is 0.361 e. The van der Waals surface area contributed by atoms with E-state index in [1.165, 1.54) is 42.7 Å². The monoisotopic (exact) mass is 252 g/mol. The summed E-state index contributed by atoms with van der Waals surface area (Å²) >= 11 is 1.79. The number of nitrogens with one attached hydrogen (secondary N) is 1. The standard InChI is InChI=1S/C14H24N2S/c1-4-12-5-7-13(8-6-12)9-15-14-16-10(2)11(3)17-14/h12-13H,4-9H2,1-3H3,(H,15,16). The minimum atomic E-state index is 0.863. The van der Waals surface area contributed by atoms with Crippen LogP contribution in [0.15, 0.2) is 0 Å². The van der Waals surface area contributed by atoms with E-state index in [9.17, 15) is 0 Å². The zero-order valence-electron chi connectivity index (χ0n) is 11.3. The number of hydrogen-bond acceptors (Lipinski definition) is 3. The molecule has 96 valence electrons. The van der Waals surface area contributed by atoms with Crippen LogP contribution >= 0.6 is 11.3 Å². The highest BCUT2D eigenvalue weighted by atomic mass is 32.1. The molecule has 0 unspecified atom stereocenters. The Morgan fingerprint density at radius 1 is 1.18 bits per heavy atom. The van der Waals surface area contributed by atoms with Crippen molar-refractivity contribution in [2.24, 2.45) is 11.8 Å². The van der Waals surface area contributed by atoms with Crippen LogP contribution in [0.4, 0.5) is 5.13 Å². The lowest BCUT2D eigenvalue weighted by Crippen LogP contribution is -2.20. The Kier molecular flexibility index (Phi) is 4.43. The normalized spacial score (nSPS) is 24.9. The van der Waals surface area contributed by atoms with Crippen molar-refractivity contribution in [3.8, 4) is 0 Å². The Hall–Kier alpha value is -0.570. The second-order valence-electron chi connectivity index (χ2n) is 5.34. The molecule has 0 spiro atoms. The molecule has 0 aliphatic heterocycles. The smallest absolute Gasteiger partial charge is 0.183 e. The molecule has 3 heteroatoms. The van der Waals surface area contributed by atoms with Crippen molar-refractivity contribution >= 4 is 16.5 Å². The highest BCUT2D eigenvalue weighted by Crippen LogP contribution is 2.31. The van der Waals surface area contributed by atoms with Crippen LogP contribution in [-0.4, -0.2) is 11.5 Å². The molecule has 0 radical (unpaired) electrons. The molecule has 1 heterocycles. The van der Waals surface area contributed by atoms with E-state index in [2.05, 4.69) is 31.1 Å². The highest BCUT2D eigenvalue weighted by molar-refractivity contribution is 7.15. The van der Waals surface area contributed by atoms with Crippen LogP contribution in [0.3, 0.4) is 0 Å². The number of anilines is 1. The fraction of sp³-hybridized carbons (Fsp3) is 0.786. The van der Waals surface area contributed by atoms with Crippen molar-refractivity contribution in [1.82, 2.24) is 4.98 Å². The summed E-state index contributed by atoms with van der Waals surface area (Å²) in [5.41, 5.74) is 1.17. The fourth-order valence-electron chi connectivity index (χ4n) is 2.62. The van der Waals surface area contributed by atoms with Gasteiger partial charge in [0, 0.05) is 11.4 Å². The van der Waals surface area contributed by atoms with E-state index in [4.69, 9.17) is 0 Å². The third kappa shape index (κ3) is 3.44. The zero-order valence-corrected chi connectivity index (χ0v) is 12.1. The van der Waals surface area contributed by atoms with Crippen molar-refractivity contribution in [2.45, 2.75) is 52.9 Å². The van der Waals surface area contributed by atoms with Gasteiger partial charge in [-0.15, -0.1) is 11.3 Å². The summed E-state index contributed by atoms with van der Waals surface area (Å²) in [7, 11) is 0. The van der Waals surface area contributed by atoms with Crippen LogP contribution in [0, 0.1) is 25.7 Å². The molecule has 0 atom stereocenters. The molecule has 0 aromatic carbocycles. The van der Waals surface area contributed by atoms with Crippen molar-refractivity contribution in [3.63, 3.8) is 0 Å². The van der Waals surface area contributed by atoms with Crippen LogP contribution in [0.25, 0.3) is 0 Å². The van der Waals surface area contributed by atoms with E-state index in [0.717, 1.165) is 23.5 Å². The van der Waals surface area contributed by atoms with Gasteiger partial charge < -0.3 is 5.32 Å². The summed E-state index contributed by atoms with van der Waals surface area (Å²) in [5.74, 6) is 1.86. The van der Waals surface area contributed by atoms with Gasteiger partial charge in [0.25, 0.3) is 0 Å². The van der Waals surface area contributed by atoms with E-state index < -0.39 is 0 Å². The third-order valence-corrected chi connectivity index (χ3v) is 5.14. The van der Waals surface area contributed by atoms with Gasteiger partial charge in [-0.05, 0) is 38.5 Å². The Labute approximate surface area is 109 Å². The van der Waals surface area contributed by atoms with Crippen LogP contribution in [0.2, 0.25) is 0 Å². The van der Waals surface area contributed by atoms with Crippen LogP contribution in [0.1, 0.15) is 49.6 Å². The average Bonchev–Trinajstić information content (AvgIpc) is 2.67. The average molecular weight is 252 g/mol. The molecule has 1 aromatic heterocycles. The Bertz CT molecular complexity index is 332. The number of rotatable bonds is 4. The van der Waals surface area contributed by atoms with Gasteiger partial charge in [0.05, 0.1) is 5.69 Å². The second kappa shape index (κ2) is 5.85. The van der Waals surface area contributed by atoms with Crippen molar-refractivity contribution in [2.75, 3.05) is 11.9 Å². The van der Waals surface area contributed by atoms with Crippen molar-refractivity contribution in [1.29, 1.82) is 0 Å². The lowest BCUT2D eigenvalue weighted by molar-refractivity contribution is 0.278. The maximum atomic E-state index is 4.53. The summed E-state index contributed by atoms with van der Waals surface area (Å²) in [5, 5.41) is 4.63. The van der Waals surface area contributed by atoms with Gasteiger partial charge in [-0.3, -0.25) is 0 Å². The number of nitrogens with zero attached hydrogens (tertiary/aromatic N) is 1. The predicted molar refractivity (Wildman–Crippen MR) is 75.8 cm³/mol. The molecule has 2 nitrogen and oxygen atoms in total. The minimum absolute atomic E-state index is 0.863. The first-order chi connectivity index (χ1) is 8.19. The van der Waals surface area contributed by atoms with Gasteiger partial charge in [0.1, 0.15) is 0 Å². The molecule has 1 aliphatic carbocycles. The van der Waals surface area contributed by atoms with Crippen molar-refractivity contribution in [3.05, 3.63) is 10.6 Å². The molecule has 1 fully saturated rings. The molecule has 0 saturated heterocycles. The molecule has 1 saturated carbocycles. The van der Waals surface area contributed by atoms with E-state index in [1.807, 2.05) is 0 Å². The van der Waals surface area contributed by atoms with Gasteiger partial charge in [0.2, 0.25) is 0 Å². The molecule has 1 aromatic rings. The van der Waals surface area contributed by atoms with E-state index in [1.54, 1.807) is 11.3 Å². The fourth-order valence-corrected chi connectivity index (χ4v) is 3.45. The third-order valence-electron chi connectivity index (χ3n) is 4.11. The Morgan fingerprint density at radius 3 is 2.35 bits per heavy atom. The van der Waals surface area contributed by atoms with Crippen molar-refractivity contribution < 1.29 is 0 Å². The second-order valence-corrected chi connectivity index (χ2v) is 6.54. The highest BCUT2D eigenvalue weighted by Gasteiger charge is 2.19. The lowest BCUT2D eigenvalue weighted by Gasteiger charge is -2.27. The quantitative estimate of drug-likeness (QED) is 0.859. The Morgan fingerprint density at radius 2 is 1.82 bits per heavy atom. The minimum Gasteiger partial charge on any atom is -0.361 e. The predicted octanol–water partition coefficient (Wildman–Crippen LogP) is 4.39. The topological polar surface area (TPSA) is 24.9 Å². The van der Waals surface area contributed by atoms with E-state index in [0.29, 0.717) is 0 Å². The van der Waals surface area contributed by atoms with Crippen LogP contribution in [0.5, 0.6) is 0 Å². The molecule has 2 rings (SSSR count). The number of aromatic nitrogens is 1. The van der Waals surface area contributed by atoms with Crippen LogP contribution in [-0.2, 0) is 0 Å². The summed E-state index contributed by atoms with van der Waals surface area (Å²) in [6, 6.07) is 0. The summed E-state index contributed by atoms with van der Waals surface area (Å²) in [6.45, 7) is 7.67. The molecule has 1 aliphatic rings. The molecule has 0 bridgehead atoms. The lowest BCUT2D eigenvalue weighted by atomic mass is 9.81. The number of aryl methyl sites for hydroxylation is 2. The number of thiazole rings is 1. The SMILES string of the molecule is CCC1CCC(CNc2nc(C)c(C)s2)CC1. The first kappa shape index (κ1) is 12.9. The molecule has 1 N–H and O–H groups in total. The number of hydrogen-bond donors (Lipinski definition) is 1. The van der Waals surface area contributed by atoms with E-state index >= 15 is 0 Å². The first-order valence-electron chi connectivity index (χ1n) is 6.87. The van der Waals surface area contributed by atoms with Gasteiger partial charge in [-0.2, -0.15) is 0 Å². The maximum Gasteiger partial charge on any atom is 0.183 e. The molecule has 0 amide bonds. The summed E-state index contributed by atoms with van der Waals surface area (Å²) in [4.78, 5) is 5.87. The molecule has 17 heavy (non-hydrogen) atoms. The van der Waals surface area contributed by atoms with Gasteiger partial charge in [0.15, 0.2) is 5.13 Å². The summed E-state index contributed by atoms with van der Waals surface area (Å²) < 4.78 is 0. The zero-order chi connectivity index (χ0) is 12.3. The van der Waals surface area contributed by atoms with E-state index in [-0.39, 0.29) is 0 Å². The summed E-state index contributed by atoms with van der Waals surface area (Å²) in [6.07, 6.45) is 7.02. The van der Waals surface area contributed by atoms with Gasteiger partial charge >= 0.3 is 0 Å². The first-order valence-corrected chi connectivity index (χ1v) is 7.68. The maximum absolute atomic E-state index is 4.53. The molecular formula is C14H24N2S. The van der Waals surface area contributed by atoms with Gasteiger partial charge in [-0.25, -0.2) is 4.98 Å². The van der Waals surface area contributed by atoms with Gasteiger partial charge in [-0.1, -0.05) is 26.2 Å². The Balaban J connectivity index is 1.75. The molecular weight excluding hydrogens is 228 g/mol. The van der Waals surface area contributed by atoms with Crippen LogP contribution < -0.4 is 5.32 Å².